The SMILES string of the molecule is C.Cc1ccnn1C.Cc1ncn(C)n1.Cn1cnc(CN)n1.Cn1cnc(CN=C(N)N)n1.Cn1cncn1.Cn1cnnc1.Cn1ncnc1CN.Cn1ncnc1CN=C(N)N. The summed E-state index contributed by atoms with van der Waals surface area (Å²) in [6.45, 7) is 5.46. The van der Waals surface area contributed by atoms with Gasteiger partial charge < -0.3 is 39.0 Å². The maximum Gasteiger partial charge on any atom is 0.186 e. The van der Waals surface area contributed by atoms with Crippen molar-refractivity contribution in [1.29, 1.82) is 0 Å². The Morgan fingerprint density at radius 2 is 1.05 bits per heavy atom. The van der Waals surface area contributed by atoms with Crippen molar-refractivity contribution >= 4 is 11.9 Å². The molecule has 31 heteroatoms. The zero-order valence-electron chi connectivity index (χ0n) is 37.8. The average molecular weight is 908 g/mol. The fourth-order valence-electron chi connectivity index (χ4n) is 3.63. The molecule has 356 valence electrons. The highest BCUT2D eigenvalue weighted by atomic mass is 15.3. The maximum absolute atomic E-state index is 5.27. The summed E-state index contributed by atoms with van der Waals surface area (Å²) < 4.78 is 13.4. The minimum atomic E-state index is 0. The van der Waals surface area contributed by atoms with Gasteiger partial charge in [-0.15, -0.1) is 10.2 Å². The molecule has 8 aromatic heterocycles. The first-order chi connectivity index (χ1) is 30.4. The van der Waals surface area contributed by atoms with Crippen molar-refractivity contribution in [1.82, 2.24) is 113 Å². The van der Waals surface area contributed by atoms with Crippen molar-refractivity contribution in [3.63, 3.8) is 0 Å². The van der Waals surface area contributed by atoms with Gasteiger partial charge in [-0.25, -0.2) is 39.9 Å². The summed E-state index contributed by atoms with van der Waals surface area (Å²) >= 11 is 0. The third-order valence-corrected chi connectivity index (χ3v) is 6.92. The molecule has 8 heterocycles. The lowest BCUT2D eigenvalue weighted by Gasteiger charge is -1.94. The van der Waals surface area contributed by atoms with Gasteiger partial charge in [0, 0.05) is 68.3 Å². The smallest absolute Gasteiger partial charge is 0.186 e. The summed E-state index contributed by atoms with van der Waals surface area (Å²) in [7, 11) is 14.7. The van der Waals surface area contributed by atoms with Crippen LogP contribution in [0, 0.1) is 13.8 Å². The van der Waals surface area contributed by atoms with Gasteiger partial charge >= 0.3 is 0 Å². The van der Waals surface area contributed by atoms with E-state index in [1.807, 2.05) is 66.9 Å². The van der Waals surface area contributed by atoms with Crippen molar-refractivity contribution in [2.75, 3.05) is 0 Å². The molecule has 0 aliphatic carbocycles. The Bertz CT molecular complexity index is 2310. The van der Waals surface area contributed by atoms with Gasteiger partial charge in [-0.05, 0) is 19.9 Å². The molecule has 12 N–H and O–H groups in total. The topological polar surface area (TPSA) is 414 Å². The molecule has 0 saturated carbocycles. The molecule has 0 fully saturated rings. The standard InChI is InChI=1S/2C5H10N6.C5H8N2.2C4H8N4.C4H7N3.2C3H5N3.CH4/c1-11-3-9-4(10-11)2-8-5(6)7;1-11-4(9-3-10-11)2-8-5(6)7;1-5-3-4-6-7(5)2;1-8-3-6-4(2-5)7-8;1-8-4(2-5)6-3-7-8;1-4-5-3-7(2)6-4;1-6-2-4-5-3-6;1-6-3-4-2-5-6;/h2*3H,2H2,1H3,(H4,6,7,8);3-4H,1-2H3;2*3H,2,5H2,1H3;3H,1-2H3;2*2-3H,1H3;1H4. The molecule has 0 bridgehead atoms. The van der Waals surface area contributed by atoms with E-state index in [9.17, 15) is 0 Å². The quantitative estimate of drug-likeness (QED) is 0.0708. The van der Waals surface area contributed by atoms with Crippen LogP contribution < -0.4 is 34.4 Å². The van der Waals surface area contributed by atoms with Crippen molar-refractivity contribution in [3.05, 3.63) is 104 Å². The molecular formula is C34H65N31. The van der Waals surface area contributed by atoms with Gasteiger partial charge in [0.1, 0.15) is 87.5 Å². The molecule has 0 radical (unpaired) electrons. The van der Waals surface area contributed by atoms with Crippen LogP contribution in [0.1, 0.15) is 42.2 Å². The van der Waals surface area contributed by atoms with E-state index in [1.165, 1.54) is 24.7 Å². The number of aryl methyl sites for hydroxylation is 10. The van der Waals surface area contributed by atoms with Gasteiger partial charge in [0.2, 0.25) is 0 Å². The minimum absolute atomic E-state index is 0. The molecule has 8 rings (SSSR count). The lowest BCUT2D eigenvalue weighted by molar-refractivity contribution is 0.702. The monoisotopic (exact) mass is 908 g/mol. The first-order valence-electron chi connectivity index (χ1n) is 18.6. The number of aromatic nitrogens is 23. The molecule has 65 heavy (non-hydrogen) atoms. The normalized spacial score (nSPS) is 9.29. The third-order valence-electron chi connectivity index (χ3n) is 6.92. The van der Waals surface area contributed by atoms with Crippen molar-refractivity contribution in [2.45, 2.75) is 47.5 Å². The second kappa shape index (κ2) is 32.4. The van der Waals surface area contributed by atoms with E-state index >= 15 is 0 Å². The summed E-state index contributed by atoms with van der Waals surface area (Å²) in [6, 6.07) is 1.97. The van der Waals surface area contributed by atoms with E-state index in [1.54, 1.807) is 90.9 Å². The van der Waals surface area contributed by atoms with Crippen LogP contribution in [0.2, 0.25) is 0 Å². The molecule has 0 aliphatic rings. The Labute approximate surface area is 376 Å². The van der Waals surface area contributed by atoms with E-state index in [0.717, 1.165) is 17.5 Å². The van der Waals surface area contributed by atoms with Crippen molar-refractivity contribution in [2.24, 2.45) is 101 Å². The Morgan fingerprint density at radius 3 is 1.29 bits per heavy atom. The third kappa shape index (κ3) is 27.3. The predicted octanol–water partition coefficient (Wildman–Crippen LogP) is -3.16. The highest BCUT2D eigenvalue weighted by Crippen LogP contribution is 1.92. The molecule has 0 unspecified atom stereocenters. The molecule has 0 aliphatic heterocycles. The van der Waals surface area contributed by atoms with Gasteiger partial charge in [-0.3, -0.25) is 32.8 Å². The fourth-order valence-corrected chi connectivity index (χ4v) is 3.63. The van der Waals surface area contributed by atoms with Gasteiger partial charge in [0.25, 0.3) is 0 Å². The number of aliphatic imine (C=N–C) groups is 2. The van der Waals surface area contributed by atoms with Crippen molar-refractivity contribution in [3.8, 4) is 0 Å². The number of hydrogen-bond donors (Lipinski definition) is 6. The molecule has 0 atom stereocenters. The molecule has 0 spiro atoms. The zero-order valence-corrected chi connectivity index (χ0v) is 37.8. The second-order valence-electron chi connectivity index (χ2n) is 12.4. The van der Waals surface area contributed by atoms with Crippen LogP contribution in [0.25, 0.3) is 0 Å². The molecule has 0 amide bonds. The summed E-state index contributed by atoms with van der Waals surface area (Å²) in [4.78, 5) is 30.6. The summed E-state index contributed by atoms with van der Waals surface area (Å²) in [6.07, 6.45) is 16.0. The number of nitrogens with two attached hydrogens (primary N) is 6. The number of rotatable bonds is 6. The lowest BCUT2D eigenvalue weighted by Crippen LogP contribution is -2.22. The first-order valence-corrected chi connectivity index (χ1v) is 18.6. The zero-order chi connectivity index (χ0) is 47.9. The van der Waals surface area contributed by atoms with Crippen molar-refractivity contribution < 1.29 is 0 Å². The van der Waals surface area contributed by atoms with Gasteiger partial charge in [-0.2, -0.15) is 35.7 Å². The van der Waals surface area contributed by atoms with Crippen LogP contribution in [0.4, 0.5) is 0 Å². The van der Waals surface area contributed by atoms with Crippen LogP contribution in [-0.4, -0.2) is 125 Å². The molecule has 0 aromatic carbocycles. The Morgan fingerprint density at radius 1 is 0.523 bits per heavy atom. The molecule has 31 nitrogen and oxygen atoms in total. The molecular weight excluding hydrogens is 843 g/mol. The van der Waals surface area contributed by atoms with Gasteiger partial charge in [0.15, 0.2) is 23.6 Å². The van der Waals surface area contributed by atoms with Crippen LogP contribution in [0.15, 0.2) is 79.2 Å². The van der Waals surface area contributed by atoms with Crippen LogP contribution >= 0.6 is 0 Å². The number of guanidine groups is 2. The number of hydrogen-bond acceptors (Lipinski definition) is 19. The Balaban J connectivity index is 0.000000725. The first kappa shape index (κ1) is 56.6. The second-order valence-corrected chi connectivity index (χ2v) is 12.4. The predicted molar refractivity (Wildman–Crippen MR) is 241 cm³/mol. The fraction of sp³-hybridized carbons (Fsp3) is 0.441. The Kier molecular flexibility index (Phi) is 28.2. The highest BCUT2D eigenvalue weighted by molar-refractivity contribution is 5.75. The summed E-state index contributed by atoms with van der Waals surface area (Å²) in [5.41, 5.74) is 32.2. The van der Waals surface area contributed by atoms with Crippen LogP contribution in [0.3, 0.4) is 0 Å². The Hall–Kier alpha value is -8.35. The lowest BCUT2D eigenvalue weighted by atomic mass is 10.5. The van der Waals surface area contributed by atoms with E-state index in [-0.39, 0.29) is 19.3 Å². The van der Waals surface area contributed by atoms with Crippen LogP contribution in [0.5, 0.6) is 0 Å². The number of nitrogens with zero attached hydrogens (tertiary/aromatic N) is 25. The maximum atomic E-state index is 5.27. The van der Waals surface area contributed by atoms with Gasteiger partial charge in [0.05, 0.1) is 13.1 Å². The van der Waals surface area contributed by atoms with E-state index in [2.05, 4.69) is 85.8 Å². The highest BCUT2D eigenvalue weighted by Gasteiger charge is 1.97. The van der Waals surface area contributed by atoms with Crippen LogP contribution in [-0.2, 0) is 82.6 Å². The summed E-state index contributed by atoms with van der Waals surface area (Å²) in [5.74, 6) is 3.78. The summed E-state index contributed by atoms with van der Waals surface area (Å²) in [5, 5.41) is 34.2. The minimum Gasteiger partial charge on any atom is -0.370 e. The van der Waals surface area contributed by atoms with E-state index in [0.29, 0.717) is 37.8 Å². The van der Waals surface area contributed by atoms with Gasteiger partial charge in [-0.1, -0.05) is 7.43 Å². The molecule has 0 saturated heterocycles. The molecule has 8 aromatic rings. The van der Waals surface area contributed by atoms with E-state index in [4.69, 9.17) is 34.4 Å². The average Bonchev–Trinajstić information content (AvgIpc) is 4.11. The largest absolute Gasteiger partial charge is 0.370 e. The van der Waals surface area contributed by atoms with E-state index < -0.39 is 0 Å².